The Hall–Kier alpha value is -0.870. The van der Waals surface area contributed by atoms with E-state index in [0.29, 0.717) is 5.91 Å². The normalized spacial score (nSPS) is 27.0. The molecule has 0 aromatic carbocycles. The van der Waals surface area contributed by atoms with Gasteiger partial charge in [-0.05, 0) is 13.0 Å². The van der Waals surface area contributed by atoms with E-state index in [1.165, 1.54) is 0 Å². The van der Waals surface area contributed by atoms with Crippen molar-refractivity contribution in [1.29, 1.82) is 0 Å². The van der Waals surface area contributed by atoms with E-state index in [1.807, 2.05) is 11.0 Å². The van der Waals surface area contributed by atoms with Crippen molar-refractivity contribution >= 4 is 5.91 Å². The molecule has 0 spiro atoms. The summed E-state index contributed by atoms with van der Waals surface area (Å²) in [6.07, 6.45) is 2.92. The molecule has 0 bridgehead atoms. The van der Waals surface area contributed by atoms with Gasteiger partial charge in [-0.1, -0.05) is 6.08 Å². The van der Waals surface area contributed by atoms with E-state index in [2.05, 4.69) is 16.8 Å². The van der Waals surface area contributed by atoms with Crippen LogP contribution in [0.5, 0.6) is 0 Å². The van der Waals surface area contributed by atoms with Gasteiger partial charge in [-0.25, -0.2) is 0 Å². The van der Waals surface area contributed by atoms with Gasteiger partial charge in [0, 0.05) is 39.3 Å². The number of amides is 1. The molecule has 2 rings (SSSR count). The molecule has 90 valence electrons. The minimum Gasteiger partial charge on any atom is -0.340 e. The summed E-state index contributed by atoms with van der Waals surface area (Å²) >= 11 is 0. The van der Waals surface area contributed by atoms with Crippen molar-refractivity contribution < 1.29 is 4.79 Å². The standard InChI is InChI=1S/C12H21N3O/c1-2-6-14-7-3-11(10-14)12(16)15-8-4-13-5-9-15/h2,11,13H,1,3-10H2. The summed E-state index contributed by atoms with van der Waals surface area (Å²) in [5, 5.41) is 3.27. The molecule has 4 heteroatoms. The Bertz CT molecular complexity index is 261. The molecule has 0 radical (unpaired) electrons. The minimum atomic E-state index is 0.220. The minimum absolute atomic E-state index is 0.220. The van der Waals surface area contributed by atoms with E-state index in [0.717, 1.165) is 52.2 Å². The van der Waals surface area contributed by atoms with Crippen LogP contribution in [0, 0.1) is 5.92 Å². The zero-order valence-electron chi connectivity index (χ0n) is 9.82. The second-order valence-electron chi connectivity index (χ2n) is 4.61. The molecule has 2 aliphatic rings. The maximum absolute atomic E-state index is 12.2. The van der Waals surface area contributed by atoms with Gasteiger partial charge in [-0.15, -0.1) is 6.58 Å². The van der Waals surface area contributed by atoms with Crippen molar-refractivity contribution in [1.82, 2.24) is 15.1 Å². The zero-order valence-corrected chi connectivity index (χ0v) is 9.82. The smallest absolute Gasteiger partial charge is 0.227 e. The van der Waals surface area contributed by atoms with Crippen molar-refractivity contribution in [2.75, 3.05) is 45.8 Å². The lowest BCUT2D eigenvalue weighted by molar-refractivity contribution is -0.135. The molecule has 0 aromatic heterocycles. The molecule has 4 nitrogen and oxygen atoms in total. The molecule has 1 amide bonds. The predicted molar refractivity (Wildman–Crippen MR) is 64.2 cm³/mol. The van der Waals surface area contributed by atoms with E-state index in [1.54, 1.807) is 0 Å². The van der Waals surface area contributed by atoms with Crippen LogP contribution in [0.4, 0.5) is 0 Å². The predicted octanol–water partition coefficient (Wildman–Crippen LogP) is -0.0739. The van der Waals surface area contributed by atoms with E-state index >= 15 is 0 Å². The second-order valence-corrected chi connectivity index (χ2v) is 4.61. The molecule has 2 aliphatic heterocycles. The Morgan fingerprint density at radius 1 is 1.38 bits per heavy atom. The summed E-state index contributed by atoms with van der Waals surface area (Å²) in [4.78, 5) is 16.5. The summed E-state index contributed by atoms with van der Waals surface area (Å²) in [5.41, 5.74) is 0. The molecule has 2 fully saturated rings. The van der Waals surface area contributed by atoms with Gasteiger partial charge in [0.25, 0.3) is 0 Å². The lowest BCUT2D eigenvalue weighted by atomic mass is 10.1. The van der Waals surface area contributed by atoms with Crippen LogP contribution in [0.3, 0.4) is 0 Å². The molecule has 16 heavy (non-hydrogen) atoms. The van der Waals surface area contributed by atoms with Gasteiger partial charge in [-0.2, -0.15) is 0 Å². The Labute approximate surface area is 97.3 Å². The SMILES string of the molecule is C=CCN1CCC(C(=O)N2CCNCC2)C1. The van der Waals surface area contributed by atoms with Crippen LogP contribution in [0.15, 0.2) is 12.7 Å². The molecule has 2 heterocycles. The van der Waals surface area contributed by atoms with Crippen LogP contribution in [-0.2, 0) is 4.79 Å². The first-order chi connectivity index (χ1) is 7.81. The monoisotopic (exact) mass is 223 g/mol. The molecule has 1 atom stereocenters. The molecular weight excluding hydrogens is 202 g/mol. The summed E-state index contributed by atoms with van der Waals surface area (Å²) < 4.78 is 0. The van der Waals surface area contributed by atoms with Crippen LogP contribution in [0.25, 0.3) is 0 Å². The maximum Gasteiger partial charge on any atom is 0.227 e. The number of carbonyl (C=O) groups is 1. The maximum atomic E-state index is 12.2. The van der Waals surface area contributed by atoms with Gasteiger partial charge in [0.15, 0.2) is 0 Å². The fourth-order valence-electron chi connectivity index (χ4n) is 2.53. The molecule has 0 saturated carbocycles. The quantitative estimate of drug-likeness (QED) is 0.680. The Morgan fingerprint density at radius 3 is 2.81 bits per heavy atom. The highest BCUT2D eigenvalue weighted by atomic mass is 16.2. The van der Waals surface area contributed by atoms with Crippen molar-refractivity contribution in [3.63, 3.8) is 0 Å². The summed E-state index contributed by atoms with van der Waals surface area (Å²) in [6, 6.07) is 0. The third-order valence-electron chi connectivity index (χ3n) is 3.44. The molecular formula is C12H21N3O. The fraction of sp³-hybridized carbons (Fsp3) is 0.750. The average Bonchev–Trinajstić information content (AvgIpc) is 2.78. The van der Waals surface area contributed by atoms with E-state index in [9.17, 15) is 4.79 Å². The van der Waals surface area contributed by atoms with E-state index in [4.69, 9.17) is 0 Å². The van der Waals surface area contributed by atoms with Crippen molar-refractivity contribution in [2.45, 2.75) is 6.42 Å². The largest absolute Gasteiger partial charge is 0.340 e. The topological polar surface area (TPSA) is 35.6 Å². The number of piperazine rings is 1. The summed E-state index contributed by atoms with van der Waals surface area (Å²) in [6.45, 7) is 10.2. The highest BCUT2D eigenvalue weighted by molar-refractivity contribution is 5.79. The molecule has 1 N–H and O–H groups in total. The fourth-order valence-corrected chi connectivity index (χ4v) is 2.53. The highest BCUT2D eigenvalue weighted by Gasteiger charge is 2.31. The van der Waals surface area contributed by atoms with Gasteiger partial charge in [0.05, 0.1) is 5.92 Å². The van der Waals surface area contributed by atoms with Gasteiger partial charge in [-0.3, -0.25) is 9.69 Å². The average molecular weight is 223 g/mol. The van der Waals surface area contributed by atoms with Crippen LogP contribution >= 0.6 is 0 Å². The van der Waals surface area contributed by atoms with Crippen molar-refractivity contribution in [3.05, 3.63) is 12.7 Å². The Morgan fingerprint density at radius 2 is 2.12 bits per heavy atom. The van der Waals surface area contributed by atoms with Gasteiger partial charge in [0.1, 0.15) is 0 Å². The number of hydrogen-bond donors (Lipinski definition) is 1. The zero-order chi connectivity index (χ0) is 11.4. The van der Waals surface area contributed by atoms with Crippen LogP contribution in [0.2, 0.25) is 0 Å². The van der Waals surface area contributed by atoms with E-state index in [-0.39, 0.29) is 5.92 Å². The molecule has 2 saturated heterocycles. The molecule has 1 unspecified atom stereocenters. The summed E-state index contributed by atoms with van der Waals surface area (Å²) in [5.74, 6) is 0.575. The molecule has 0 aliphatic carbocycles. The Balaban J connectivity index is 1.83. The van der Waals surface area contributed by atoms with E-state index < -0.39 is 0 Å². The number of nitrogens with one attached hydrogen (secondary N) is 1. The number of rotatable bonds is 3. The lowest BCUT2D eigenvalue weighted by Crippen LogP contribution is -2.48. The number of carbonyl (C=O) groups excluding carboxylic acids is 1. The van der Waals surface area contributed by atoms with Gasteiger partial charge >= 0.3 is 0 Å². The molecule has 0 aromatic rings. The summed E-state index contributed by atoms with van der Waals surface area (Å²) in [7, 11) is 0. The van der Waals surface area contributed by atoms with Crippen molar-refractivity contribution in [2.24, 2.45) is 5.92 Å². The lowest BCUT2D eigenvalue weighted by Gasteiger charge is -2.29. The first-order valence-electron chi connectivity index (χ1n) is 6.14. The van der Waals surface area contributed by atoms with Crippen LogP contribution in [-0.4, -0.2) is 61.5 Å². The third-order valence-corrected chi connectivity index (χ3v) is 3.44. The number of hydrogen-bond acceptors (Lipinski definition) is 3. The van der Waals surface area contributed by atoms with Crippen LogP contribution in [0.1, 0.15) is 6.42 Å². The Kier molecular flexibility index (Phi) is 3.96. The number of likely N-dealkylation sites (tertiary alicyclic amines) is 1. The first-order valence-corrected chi connectivity index (χ1v) is 6.14. The first kappa shape index (κ1) is 11.6. The van der Waals surface area contributed by atoms with Crippen LogP contribution < -0.4 is 5.32 Å². The van der Waals surface area contributed by atoms with Crippen molar-refractivity contribution in [3.8, 4) is 0 Å². The number of nitrogens with zero attached hydrogens (tertiary/aromatic N) is 2. The van der Waals surface area contributed by atoms with Gasteiger partial charge < -0.3 is 10.2 Å². The third kappa shape index (κ3) is 2.62. The second kappa shape index (κ2) is 5.46. The van der Waals surface area contributed by atoms with Gasteiger partial charge in [0.2, 0.25) is 5.91 Å². The highest BCUT2D eigenvalue weighted by Crippen LogP contribution is 2.18.